The van der Waals surface area contributed by atoms with Gasteiger partial charge in [-0.25, -0.2) is 4.39 Å². The summed E-state index contributed by atoms with van der Waals surface area (Å²) >= 11 is 0. The molecule has 0 bridgehead atoms. The molecule has 6 heteroatoms. The van der Waals surface area contributed by atoms with Crippen molar-refractivity contribution in [1.29, 1.82) is 0 Å². The molecule has 1 unspecified atom stereocenters. The third-order valence-corrected chi connectivity index (χ3v) is 3.79. The standard InChI is InChI=1S/C16H22FN3O2/c17-14-4-2-1-3-13(14)16(22)20-10-9-19-15(21)6-5-12-7-8-18-11-12/h1-4,12,18H,5-11H2,(H,19,21)(H,20,22). The fourth-order valence-electron chi connectivity index (χ4n) is 2.50. The van der Waals surface area contributed by atoms with Crippen LogP contribution in [0.5, 0.6) is 0 Å². The van der Waals surface area contributed by atoms with Gasteiger partial charge in [0, 0.05) is 19.5 Å². The van der Waals surface area contributed by atoms with E-state index in [9.17, 15) is 14.0 Å². The number of carbonyl (C=O) groups excluding carboxylic acids is 2. The highest BCUT2D eigenvalue weighted by molar-refractivity contribution is 5.94. The molecule has 0 radical (unpaired) electrons. The van der Waals surface area contributed by atoms with Crippen LogP contribution in [0.2, 0.25) is 0 Å². The van der Waals surface area contributed by atoms with Gasteiger partial charge in [0.05, 0.1) is 5.56 Å². The summed E-state index contributed by atoms with van der Waals surface area (Å²) in [6.45, 7) is 2.66. The van der Waals surface area contributed by atoms with Crippen LogP contribution in [0.4, 0.5) is 4.39 Å². The second kappa shape index (κ2) is 8.48. The van der Waals surface area contributed by atoms with Crippen molar-refractivity contribution in [3.05, 3.63) is 35.6 Å². The maximum Gasteiger partial charge on any atom is 0.254 e. The van der Waals surface area contributed by atoms with Crippen LogP contribution in [0.3, 0.4) is 0 Å². The van der Waals surface area contributed by atoms with Crippen molar-refractivity contribution in [2.75, 3.05) is 26.2 Å². The van der Waals surface area contributed by atoms with E-state index in [0.717, 1.165) is 25.9 Å². The fraction of sp³-hybridized carbons (Fsp3) is 0.500. The maximum absolute atomic E-state index is 13.4. The highest BCUT2D eigenvalue weighted by atomic mass is 19.1. The highest BCUT2D eigenvalue weighted by Crippen LogP contribution is 2.13. The molecule has 1 aliphatic rings. The average Bonchev–Trinajstić information content (AvgIpc) is 3.03. The van der Waals surface area contributed by atoms with Crippen molar-refractivity contribution >= 4 is 11.8 Å². The Balaban J connectivity index is 1.59. The summed E-state index contributed by atoms with van der Waals surface area (Å²) in [6, 6.07) is 5.82. The van der Waals surface area contributed by atoms with Crippen LogP contribution in [0.1, 0.15) is 29.6 Å². The molecule has 120 valence electrons. The quantitative estimate of drug-likeness (QED) is 0.660. The second-order valence-electron chi connectivity index (χ2n) is 5.48. The zero-order valence-electron chi connectivity index (χ0n) is 12.5. The van der Waals surface area contributed by atoms with E-state index in [2.05, 4.69) is 16.0 Å². The molecule has 1 atom stereocenters. The minimum atomic E-state index is -0.547. The minimum Gasteiger partial charge on any atom is -0.354 e. The number of nitrogens with one attached hydrogen (secondary N) is 3. The predicted molar refractivity (Wildman–Crippen MR) is 82.0 cm³/mol. The lowest BCUT2D eigenvalue weighted by Crippen LogP contribution is -2.35. The van der Waals surface area contributed by atoms with Crippen molar-refractivity contribution in [3.63, 3.8) is 0 Å². The molecular formula is C16H22FN3O2. The molecule has 1 aromatic rings. The van der Waals surface area contributed by atoms with Gasteiger partial charge in [-0.3, -0.25) is 9.59 Å². The number of benzene rings is 1. The van der Waals surface area contributed by atoms with Gasteiger partial charge in [0.1, 0.15) is 5.82 Å². The van der Waals surface area contributed by atoms with E-state index < -0.39 is 11.7 Å². The SMILES string of the molecule is O=C(CCC1CCNC1)NCCNC(=O)c1ccccc1F. The summed E-state index contributed by atoms with van der Waals surface area (Å²) in [4.78, 5) is 23.4. The third-order valence-electron chi connectivity index (χ3n) is 3.79. The lowest BCUT2D eigenvalue weighted by molar-refractivity contribution is -0.121. The molecular weight excluding hydrogens is 285 g/mol. The molecule has 2 rings (SSSR count). The lowest BCUT2D eigenvalue weighted by atomic mass is 10.0. The first kappa shape index (κ1) is 16.4. The molecule has 1 aliphatic heterocycles. The second-order valence-corrected chi connectivity index (χ2v) is 5.48. The number of rotatable bonds is 7. The number of hydrogen-bond acceptors (Lipinski definition) is 3. The summed E-state index contributed by atoms with van der Waals surface area (Å²) in [6.07, 6.45) is 2.53. The van der Waals surface area contributed by atoms with Gasteiger partial charge in [0.2, 0.25) is 5.91 Å². The average molecular weight is 307 g/mol. The van der Waals surface area contributed by atoms with Crippen molar-refractivity contribution < 1.29 is 14.0 Å². The van der Waals surface area contributed by atoms with Crippen LogP contribution in [-0.2, 0) is 4.79 Å². The van der Waals surface area contributed by atoms with Crippen molar-refractivity contribution in [2.45, 2.75) is 19.3 Å². The van der Waals surface area contributed by atoms with Crippen molar-refractivity contribution in [1.82, 2.24) is 16.0 Å². The van der Waals surface area contributed by atoms with Crippen molar-refractivity contribution in [3.8, 4) is 0 Å². The Labute approximate surface area is 129 Å². The molecule has 1 fully saturated rings. The van der Waals surface area contributed by atoms with Crippen molar-refractivity contribution in [2.24, 2.45) is 5.92 Å². The van der Waals surface area contributed by atoms with Gasteiger partial charge >= 0.3 is 0 Å². The van der Waals surface area contributed by atoms with E-state index in [0.29, 0.717) is 18.9 Å². The number of hydrogen-bond donors (Lipinski definition) is 3. The first-order valence-electron chi connectivity index (χ1n) is 7.67. The number of carbonyl (C=O) groups is 2. The van der Waals surface area contributed by atoms with E-state index in [-0.39, 0.29) is 18.0 Å². The topological polar surface area (TPSA) is 70.2 Å². The van der Waals surface area contributed by atoms with E-state index in [1.165, 1.54) is 18.2 Å². The summed E-state index contributed by atoms with van der Waals surface area (Å²) in [5, 5.41) is 8.62. The Morgan fingerprint density at radius 1 is 1.23 bits per heavy atom. The largest absolute Gasteiger partial charge is 0.354 e. The predicted octanol–water partition coefficient (Wildman–Crippen LogP) is 1.06. The summed E-state index contributed by atoms with van der Waals surface area (Å²) in [5.41, 5.74) is 0.0163. The minimum absolute atomic E-state index is 0.00737. The Bertz CT molecular complexity index is 516. The van der Waals surface area contributed by atoms with E-state index >= 15 is 0 Å². The van der Waals surface area contributed by atoms with Gasteiger partial charge in [0.15, 0.2) is 0 Å². The molecule has 0 spiro atoms. The normalized spacial score (nSPS) is 17.2. The Hall–Kier alpha value is -1.95. The smallest absolute Gasteiger partial charge is 0.254 e. The van der Waals surface area contributed by atoms with Gasteiger partial charge in [-0.1, -0.05) is 12.1 Å². The molecule has 0 aliphatic carbocycles. The monoisotopic (exact) mass is 307 g/mol. The Morgan fingerprint density at radius 2 is 2.00 bits per heavy atom. The molecule has 0 saturated carbocycles. The summed E-state index contributed by atoms with van der Waals surface area (Å²) < 4.78 is 13.4. The first-order chi connectivity index (χ1) is 10.7. The maximum atomic E-state index is 13.4. The zero-order valence-corrected chi connectivity index (χ0v) is 12.5. The van der Waals surface area contributed by atoms with E-state index in [1.54, 1.807) is 6.07 Å². The lowest BCUT2D eigenvalue weighted by Gasteiger charge is -2.09. The molecule has 5 nitrogen and oxygen atoms in total. The van der Waals surface area contributed by atoms with Gasteiger partial charge in [0.25, 0.3) is 5.91 Å². The molecule has 1 aromatic carbocycles. The summed E-state index contributed by atoms with van der Waals surface area (Å²) in [7, 11) is 0. The number of halogens is 1. The van der Waals surface area contributed by atoms with Crippen LogP contribution in [-0.4, -0.2) is 38.0 Å². The molecule has 2 amide bonds. The third kappa shape index (κ3) is 5.11. The highest BCUT2D eigenvalue weighted by Gasteiger charge is 2.15. The molecule has 3 N–H and O–H groups in total. The van der Waals surface area contributed by atoms with E-state index in [4.69, 9.17) is 0 Å². The zero-order chi connectivity index (χ0) is 15.8. The Kier molecular flexibility index (Phi) is 6.33. The molecule has 1 heterocycles. The van der Waals surface area contributed by atoms with Crippen LogP contribution in [0.15, 0.2) is 24.3 Å². The van der Waals surface area contributed by atoms with Gasteiger partial charge in [-0.2, -0.15) is 0 Å². The van der Waals surface area contributed by atoms with Gasteiger partial charge in [-0.15, -0.1) is 0 Å². The first-order valence-corrected chi connectivity index (χ1v) is 7.67. The van der Waals surface area contributed by atoms with Gasteiger partial charge < -0.3 is 16.0 Å². The fourth-order valence-corrected chi connectivity index (χ4v) is 2.50. The van der Waals surface area contributed by atoms with Crippen LogP contribution < -0.4 is 16.0 Å². The Morgan fingerprint density at radius 3 is 2.73 bits per heavy atom. The molecule has 0 aromatic heterocycles. The van der Waals surface area contributed by atoms with Crippen LogP contribution in [0.25, 0.3) is 0 Å². The van der Waals surface area contributed by atoms with Crippen LogP contribution in [0, 0.1) is 11.7 Å². The van der Waals surface area contributed by atoms with E-state index in [1.807, 2.05) is 0 Å². The molecule has 22 heavy (non-hydrogen) atoms. The van der Waals surface area contributed by atoms with Crippen LogP contribution >= 0.6 is 0 Å². The number of amides is 2. The molecule has 1 saturated heterocycles. The summed E-state index contributed by atoms with van der Waals surface area (Å²) in [5.74, 6) is -0.433. The van der Waals surface area contributed by atoms with Gasteiger partial charge in [-0.05, 0) is 44.0 Å².